The average Bonchev–Trinajstić information content (AvgIpc) is 3.79. The number of hydrogen-bond donors (Lipinski definition) is 2. The highest BCUT2D eigenvalue weighted by Gasteiger charge is 2.28. The summed E-state index contributed by atoms with van der Waals surface area (Å²) >= 11 is 6.32. The minimum absolute atomic E-state index is 0.112. The predicted octanol–water partition coefficient (Wildman–Crippen LogP) is 4.07. The van der Waals surface area contributed by atoms with E-state index in [4.69, 9.17) is 16.0 Å². The molecule has 0 fully saturated rings. The van der Waals surface area contributed by atoms with Crippen molar-refractivity contribution in [1.82, 2.24) is 44.7 Å². The lowest BCUT2D eigenvalue weighted by Crippen LogP contribution is -2.23. The second-order valence-corrected chi connectivity index (χ2v) is 9.74. The Morgan fingerprint density at radius 3 is 2.83 bits per heavy atom. The minimum atomic E-state index is -0.196. The van der Waals surface area contributed by atoms with Crippen molar-refractivity contribution < 1.29 is 4.42 Å². The van der Waals surface area contributed by atoms with Crippen LogP contribution >= 0.6 is 11.6 Å². The number of hydrogen-bond acceptors (Lipinski definition) is 9. The quantitative estimate of drug-likeness (QED) is 0.299. The van der Waals surface area contributed by atoms with Crippen LogP contribution in [0.2, 0.25) is 5.02 Å². The van der Waals surface area contributed by atoms with E-state index >= 15 is 0 Å². The van der Waals surface area contributed by atoms with Gasteiger partial charge in [0.2, 0.25) is 5.89 Å². The van der Waals surface area contributed by atoms with E-state index in [0.29, 0.717) is 23.3 Å². The van der Waals surface area contributed by atoms with Crippen LogP contribution < -0.4 is 10.9 Å². The third-order valence-electron chi connectivity index (χ3n) is 6.89. The van der Waals surface area contributed by atoms with Crippen molar-refractivity contribution in [2.45, 2.75) is 25.4 Å². The first-order chi connectivity index (χ1) is 19.6. The lowest BCUT2D eigenvalue weighted by molar-refractivity contribution is 0.503. The van der Waals surface area contributed by atoms with Gasteiger partial charge in [-0.25, -0.2) is 15.0 Å². The van der Waals surface area contributed by atoms with Crippen LogP contribution in [0.3, 0.4) is 0 Å². The molecule has 7 rings (SSSR count). The second-order valence-electron chi connectivity index (χ2n) is 9.31. The van der Waals surface area contributed by atoms with Gasteiger partial charge in [0, 0.05) is 34.1 Å². The Balaban J connectivity index is 1.14. The molecule has 2 N–H and O–H groups in total. The fourth-order valence-electron chi connectivity index (χ4n) is 5.04. The maximum Gasteiger partial charge on any atom is 0.252 e. The maximum absolute atomic E-state index is 13.4. The third kappa shape index (κ3) is 4.43. The number of nitrogens with zero attached hydrogens (tertiary/aromatic N) is 8. The largest absolute Gasteiger partial charge is 0.447 e. The number of imidazole rings is 1. The average molecular weight is 553 g/mol. The van der Waals surface area contributed by atoms with Gasteiger partial charge < -0.3 is 19.3 Å². The molecule has 13 heteroatoms. The summed E-state index contributed by atoms with van der Waals surface area (Å²) in [5, 5.41) is 15.2. The summed E-state index contributed by atoms with van der Waals surface area (Å²) < 4.78 is 8.59. The van der Waals surface area contributed by atoms with Gasteiger partial charge >= 0.3 is 0 Å². The summed E-state index contributed by atoms with van der Waals surface area (Å²) in [6.07, 6.45) is 9.67. The van der Waals surface area contributed by atoms with Crippen LogP contribution in [0.4, 0.5) is 5.82 Å². The standard InChI is InChI=1S/C27H21ClN10O2/c28-18-2-4-22(37-15-33-35-36-37)20(11-18)17-9-19-3-5-23(38(19)26(39)10-17)27-32-13-21(34-27)16-1-6-24(30-12-16)31-14-25-29-7-8-40-25/h1-2,4,6-13,15,23H,3,5,14H2,(H,30,31)(H,32,34)/t23-/m0/s1. The van der Waals surface area contributed by atoms with Gasteiger partial charge in [0.05, 0.1) is 36.4 Å². The zero-order valence-corrected chi connectivity index (χ0v) is 21.7. The van der Waals surface area contributed by atoms with Crippen molar-refractivity contribution in [3.8, 4) is 28.1 Å². The Morgan fingerprint density at radius 2 is 2.02 bits per heavy atom. The van der Waals surface area contributed by atoms with Gasteiger partial charge in [-0.05, 0) is 65.2 Å². The molecule has 1 aromatic carbocycles. The number of nitrogens with one attached hydrogen (secondary N) is 2. The Labute approximate surface area is 231 Å². The molecule has 5 aromatic heterocycles. The van der Waals surface area contributed by atoms with E-state index in [1.54, 1.807) is 40.0 Å². The molecule has 0 amide bonds. The van der Waals surface area contributed by atoms with Crippen LogP contribution in [0.5, 0.6) is 0 Å². The second kappa shape index (κ2) is 9.89. The highest BCUT2D eigenvalue weighted by molar-refractivity contribution is 6.31. The highest BCUT2D eigenvalue weighted by Crippen LogP contribution is 2.34. The van der Waals surface area contributed by atoms with Crippen LogP contribution in [-0.2, 0) is 13.0 Å². The molecule has 1 aliphatic heterocycles. The summed E-state index contributed by atoms with van der Waals surface area (Å²) in [4.78, 5) is 30.0. The number of H-pyrrole nitrogens is 1. The molecule has 6 aromatic rings. The van der Waals surface area contributed by atoms with Crippen LogP contribution in [-0.4, -0.2) is 44.7 Å². The lowest BCUT2D eigenvalue weighted by atomic mass is 10.0. The number of oxazole rings is 1. The van der Waals surface area contributed by atoms with E-state index in [-0.39, 0.29) is 11.6 Å². The lowest BCUT2D eigenvalue weighted by Gasteiger charge is -2.15. The number of aryl methyl sites for hydroxylation is 1. The molecule has 1 atom stereocenters. The first-order valence-corrected chi connectivity index (χ1v) is 12.9. The Morgan fingerprint density at radius 1 is 1.07 bits per heavy atom. The molecule has 1 aliphatic rings. The fourth-order valence-corrected chi connectivity index (χ4v) is 5.21. The van der Waals surface area contributed by atoms with Crippen molar-refractivity contribution in [2.24, 2.45) is 0 Å². The molecule has 0 spiro atoms. The number of tetrazole rings is 1. The molecule has 0 radical (unpaired) electrons. The maximum atomic E-state index is 13.4. The van der Waals surface area contributed by atoms with Gasteiger partial charge in [0.25, 0.3) is 5.56 Å². The van der Waals surface area contributed by atoms with Gasteiger partial charge in [0.15, 0.2) is 0 Å². The number of anilines is 1. The summed E-state index contributed by atoms with van der Waals surface area (Å²) in [7, 11) is 0. The van der Waals surface area contributed by atoms with Crippen molar-refractivity contribution in [3.05, 3.63) is 106 Å². The van der Waals surface area contributed by atoms with Gasteiger partial charge in [-0.2, -0.15) is 4.68 Å². The molecule has 6 heterocycles. The first kappa shape index (κ1) is 24.0. The molecule has 0 saturated heterocycles. The van der Waals surface area contributed by atoms with Crippen molar-refractivity contribution in [3.63, 3.8) is 0 Å². The van der Waals surface area contributed by atoms with Crippen molar-refractivity contribution in [1.29, 1.82) is 0 Å². The molecular formula is C27H21ClN10O2. The normalized spacial score (nSPS) is 14.4. The Bertz CT molecular complexity index is 1840. The first-order valence-electron chi connectivity index (χ1n) is 12.5. The zero-order chi connectivity index (χ0) is 27.1. The van der Waals surface area contributed by atoms with Crippen LogP contribution in [0.25, 0.3) is 28.1 Å². The van der Waals surface area contributed by atoms with E-state index in [9.17, 15) is 4.79 Å². The van der Waals surface area contributed by atoms with Crippen LogP contribution in [0.15, 0.2) is 82.9 Å². The number of fused-ring (bicyclic) bond motifs is 1. The number of benzene rings is 1. The van der Waals surface area contributed by atoms with Crippen LogP contribution in [0, 0.1) is 0 Å². The molecule has 40 heavy (non-hydrogen) atoms. The topological polar surface area (TPSA) is 145 Å². The van der Waals surface area contributed by atoms with Gasteiger partial charge in [0.1, 0.15) is 24.2 Å². The Kier molecular flexibility index (Phi) is 5.93. The molecular weight excluding hydrogens is 532 g/mol. The fraction of sp³-hybridized carbons (Fsp3) is 0.148. The van der Waals surface area contributed by atoms with Crippen molar-refractivity contribution in [2.75, 3.05) is 5.32 Å². The van der Waals surface area contributed by atoms with Crippen LogP contribution in [0.1, 0.15) is 29.9 Å². The van der Waals surface area contributed by atoms with E-state index in [0.717, 1.165) is 52.4 Å². The molecule has 0 saturated carbocycles. The van der Waals surface area contributed by atoms with E-state index in [1.165, 1.54) is 12.6 Å². The van der Waals surface area contributed by atoms with E-state index in [1.807, 2.05) is 30.3 Å². The van der Waals surface area contributed by atoms with Gasteiger partial charge in [-0.1, -0.05) is 11.6 Å². The number of rotatable bonds is 7. The summed E-state index contributed by atoms with van der Waals surface area (Å²) in [6, 6.07) is 12.7. The minimum Gasteiger partial charge on any atom is -0.447 e. The van der Waals surface area contributed by atoms with Gasteiger partial charge in [-0.3, -0.25) is 4.79 Å². The molecule has 12 nitrogen and oxygen atoms in total. The number of aromatic amines is 1. The number of pyridine rings is 2. The summed E-state index contributed by atoms with van der Waals surface area (Å²) in [6.45, 7) is 0.446. The number of halogens is 1. The number of aromatic nitrogens is 9. The molecule has 0 aliphatic carbocycles. The van der Waals surface area contributed by atoms with Gasteiger partial charge in [-0.15, -0.1) is 5.10 Å². The summed E-state index contributed by atoms with van der Waals surface area (Å²) in [5.74, 6) is 2.02. The molecule has 0 bridgehead atoms. The highest BCUT2D eigenvalue weighted by atomic mass is 35.5. The third-order valence-corrected chi connectivity index (χ3v) is 7.12. The molecule has 198 valence electrons. The zero-order valence-electron chi connectivity index (χ0n) is 20.9. The monoisotopic (exact) mass is 552 g/mol. The predicted molar refractivity (Wildman–Crippen MR) is 146 cm³/mol. The SMILES string of the molecule is O=c1cc(-c2cc(Cl)ccc2-n2cnnn2)cc2n1[C@H](c1ncc(-c3ccc(NCc4ncco4)nc3)[nH]1)CC2. The van der Waals surface area contributed by atoms with E-state index in [2.05, 4.69) is 40.8 Å². The Hall–Kier alpha value is -5.10. The summed E-state index contributed by atoms with van der Waals surface area (Å²) in [5.41, 5.74) is 4.79. The molecule has 0 unspecified atom stereocenters. The van der Waals surface area contributed by atoms with Crippen molar-refractivity contribution >= 4 is 17.4 Å². The van der Waals surface area contributed by atoms with E-state index < -0.39 is 0 Å². The smallest absolute Gasteiger partial charge is 0.252 e.